The molecule has 1 amide bonds. The number of aliphatic hydroxyl groups excluding tert-OH is 1. The molecule has 0 unspecified atom stereocenters. The van der Waals surface area contributed by atoms with Gasteiger partial charge in [-0.15, -0.1) is 0 Å². The second kappa shape index (κ2) is 9.43. The van der Waals surface area contributed by atoms with Gasteiger partial charge in [0.05, 0.1) is 18.1 Å². The van der Waals surface area contributed by atoms with Crippen LogP contribution in [0, 0.1) is 11.7 Å². The van der Waals surface area contributed by atoms with Crippen LogP contribution >= 0.6 is 0 Å². The van der Waals surface area contributed by atoms with Crippen LogP contribution in [0.15, 0.2) is 104 Å². The Morgan fingerprint density at radius 2 is 1.57 bits per heavy atom. The maximum atomic E-state index is 13.2. The summed E-state index contributed by atoms with van der Waals surface area (Å²) in [5.74, 6) is 0.220. The van der Waals surface area contributed by atoms with Gasteiger partial charge in [0.25, 0.3) is 0 Å². The fourth-order valence-electron chi connectivity index (χ4n) is 4.68. The summed E-state index contributed by atoms with van der Waals surface area (Å²) in [6.45, 7) is 7.54. The first-order valence-electron chi connectivity index (χ1n) is 11.6. The number of hydrogen-bond acceptors (Lipinski definition) is 4. The summed E-state index contributed by atoms with van der Waals surface area (Å²) in [5.41, 5.74) is 3.28. The zero-order valence-corrected chi connectivity index (χ0v) is 19.1. The molecular weight excluding hydrogens is 444 g/mol. The second-order valence-corrected chi connectivity index (χ2v) is 8.82. The first kappa shape index (κ1) is 22.9. The highest BCUT2D eigenvalue weighted by Crippen LogP contribution is 2.46. The second-order valence-electron chi connectivity index (χ2n) is 8.82. The van der Waals surface area contributed by atoms with Crippen molar-refractivity contribution in [1.29, 1.82) is 0 Å². The van der Waals surface area contributed by atoms with Gasteiger partial charge in [0.1, 0.15) is 17.3 Å². The minimum Gasteiger partial charge on any atom is -0.520 e. The van der Waals surface area contributed by atoms with E-state index < -0.39 is 13.2 Å². The number of carbonyl (C=O) groups is 1. The van der Waals surface area contributed by atoms with Crippen molar-refractivity contribution in [3.05, 3.63) is 120 Å². The van der Waals surface area contributed by atoms with E-state index in [1.807, 2.05) is 54.6 Å². The lowest BCUT2D eigenvalue weighted by Crippen LogP contribution is -2.55. The van der Waals surface area contributed by atoms with Gasteiger partial charge in [-0.1, -0.05) is 67.8 Å². The number of anilines is 1. The maximum absolute atomic E-state index is 13.2. The van der Waals surface area contributed by atoms with Crippen molar-refractivity contribution in [3.8, 4) is 0 Å². The van der Waals surface area contributed by atoms with Gasteiger partial charge in [-0.2, -0.15) is 0 Å². The average molecular weight is 469 g/mol. The van der Waals surface area contributed by atoms with Crippen molar-refractivity contribution < 1.29 is 23.6 Å². The van der Waals surface area contributed by atoms with E-state index in [9.17, 15) is 14.3 Å². The molecule has 35 heavy (non-hydrogen) atoms. The first-order valence-corrected chi connectivity index (χ1v) is 11.6. The molecule has 0 bridgehead atoms. The lowest BCUT2D eigenvalue weighted by molar-refractivity contribution is -0.131. The van der Waals surface area contributed by atoms with Crippen molar-refractivity contribution in [1.82, 2.24) is 0 Å². The van der Waals surface area contributed by atoms with Crippen LogP contribution in [0.5, 0.6) is 0 Å². The lowest BCUT2D eigenvalue weighted by atomic mass is 9.75. The average Bonchev–Trinajstić information content (AvgIpc) is 3.21. The smallest absolute Gasteiger partial charge is 0.520 e. The molecule has 0 radical (unpaired) electrons. The summed E-state index contributed by atoms with van der Waals surface area (Å²) < 4.78 is 24.5. The van der Waals surface area contributed by atoms with E-state index in [-0.39, 0.29) is 23.7 Å². The molecule has 2 saturated heterocycles. The molecule has 3 atom stereocenters. The summed E-state index contributed by atoms with van der Waals surface area (Å²) in [5, 5.41) is 10.6. The molecule has 176 valence electrons. The minimum atomic E-state index is -0.768. The third kappa shape index (κ3) is 4.47. The highest BCUT2D eigenvalue weighted by Gasteiger charge is 2.48. The number of aliphatic hydroxyl groups is 1. The number of benzene rings is 3. The number of halogens is 1. The Hall–Kier alpha value is -3.84. The molecule has 3 aromatic carbocycles. The Kier molecular flexibility index (Phi) is 6.18. The Morgan fingerprint density at radius 1 is 0.943 bits per heavy atom. The topological polar surface area (TPSA) is 59.0 Å². The number of rotatable bonds is 7. The van der Waals surface area contributed by atoms with Gasteiger partial charge >= 0.3 is 7.12 Å². The fraction of sp³-hybridized carbons (Fsp3) is 0.179. The predicted octanol–water partition coefficient (Wildman–Crippen LogP) is 4.81. The fourth-order valence-corrected chi connectivity index (χ4v) is 4.68. The molecule has 3 aromatic rings. The third-order valence-corrected chi connectivity index (χ3v) is 6.61. The quantitative estimate of drug-likeness (QED) is 0.399. The predicted molar refractivity (Wildman–Crippen MR) is 133 cm³/mol. The number of amides is 1. The molecule has 0 spiro atoms. The molecule has 0 saturated carbocycles. The van der Waals surface area contributed by atoms with Crippen molar-refractivity contribution >= 4 is 24.2 Å². The monoisotopic (exact) mass is 469 g/mol. The standard InChI is InChI=1S/C28H25BFNO4/c1-18-19(2)35-29(34-18)22-12-8-21(9-13-22)27-25(28(33)31(27)24-6-4-3-5-7-24)16-17-26(32)20-10-14-23(30)15-11-20/h3-15,25-27,32H,1-2,16-17H2/t25-,26+,27-/m1/s1. The zero-order chi connectivity index (χ0) is 24.5. The molecule has 2 heterocycles. The molecule has 2 aliphatic heterocycles. The van der Waals surface area contributed by atoms with Gasteiger partial charge in [-0.3, -0.25) is 4.79 Å². The van der Waals surface area contributed by atoms with E-state index in [0.29, 0.717) is 29.9 Å². The van der Waals surface area contributed by atoms with Crippen LogP contribution in [0.1, 0.15) is 36.1 Å². The number of carbonyl (C=O) groups excluding carboxylic acids is 1. The highest BCUT2D eigenvalue weighted by molar-refractivity contribution is 6.62. The molecule has 2 fully saturated rings. The molecule has 0 aromatic heterocycles. The maximum Gasteiger partial charge on any atom is 0.632 e. The number of hydrogen-bond donors (Lipinski definition) is 1. The van der Waals surface area contributed by atoms with Crippen LogP contribution in [0.25, 0.3) is 0 Å². The first-order chi connectivity index (χ1) is 16.9. The van der Waals surface area contributed by atoms with Crippen molar-refractivity contribution in [2.45, 2.75) is 25.0 Å². The van der Waals surface area contributed by atoms with Crippen LogP contribution in [-0.2, 0) is 14.1 Å². The van der Waals surface area contributed by atoms with Crippen LogP contribution in [0.3, 0.4) is 0 Å². The van der Waals surface area contributed by atoms with Crippen molar-refractivity contribution in [2.75, 3.05) is 4.90 Å². The molecule has 0 aliphatic carbocycles. The SMILES string of the molecule is C=C1OB(c2ccc([C@@H]3[C@@H](CC[C@H](O)c4ccc(F)cc4)C(=O)N3c3ccccc3)cc2)OC1=C. The summed E-state index contributed by atoms with van der Waals surface area (Å²) in [7, 11) is -0.584. The number of β-lactam (4-membered cyclic amide) rings is 1. The largest absolute Gasteiger partial charge is 0.632 e. The van der Waals surface area contributed by atoms with Crippen LogP contribution in [0.4, 0.5) is 10.1 Å². The molecule has 5 nitrogen and oxygen atoms in total. The van der Waals surface area contributed by atoms with Crippen LogP contribution in [0.2, 0.25) is 0 Å². The van der Waals surface area contributed by atoms with E-state index >= 15 is 0 Å². The molecule has 7 heteroatoms. The van der Waals surface area contributed by atoms with Gasteiger partial charge in [-0.25, -0.2) is 4.39 Å². The number of nitrogens with zero attached hydrogens (tertiary/aromatic N) is 1. The van der Waals surface area contributed by atoms with Crippen LogP contribution in [-0.4, -0.2) is 18.1 Å². The Labute approximate surface area is 204 Å². The molecule has 1 N–H and O–H groups in total. The van der Waals surface area contributed by atoms with Gasteiger partial charge in [-0.05, 0) is 48.2 Å². The highest BCUT2D eigenvalue weighted by atomic mass is 19.1. The molecule has 5 rings (SSSR count). The van der Waals surface area contributed by atoms with Gasteiger partial charge in [0.2, 0.25) is 5.91 Å². The summed E-state index contributed by atoms with van der Waals surface area (Å²) in [4.78, 5) is 15.0. The van der Waals surface area contributed by atoms with E-state index in [0.717, 1.165) is 16.7 Å². The molecular formula is C28H25BFNO4. The lowest BCUT2D eigenvalue weighted by Gasteiger charge is -2.48. The van der Waals surface area contributed by atoms with Crippen molar-refractivity contribution in [3.63, 3.8) is 0 Å². The van der Waals surface area contributed by atoms with E-state index in [4.69, 9.17) is 9.31 Å². The summed E-state index contributed by atoms with van der Waals surface area (Å²) >= 11 is 0. The summed E-state index contributed by atoms with van der Waals surface area (Å²) in [6.07, 6.45) is 0.129. The molecule has 2 aliphatic rings. The minimum absolute atomic E-state index is 0.0200. The van der Waals surface area contributed by atoms with Crippen LogP contribution < -0.4 is 10.4 Å². The Bertz CT molecular complexity index is 1230. The van der Waals surface area contributed by atoms with E-state index in [1.54, 1.807) is 17.0 Å². The summed E-state index contributed by atoms with van der Waals surface area (Å²) in [6, 6.07) is 23.0. The van der Waals surface area contributed by atoms with Gasteiger partial charge in [0, 0.05) is 11.2 Å². The zero-order valence-electron chi connectivity index (χ0n) is 19.1. The van der Waals surface area contributed by atoms with E-state index in [1.165, 1.54) is 12.1 Å². The Balaban J connectivity index is 1.36. The van der Waals surface area contributed by atoms with Gasteiger partial charge in [0.15, 0.2) is 0 Å². The van der Waals surface area contributed by atoms with E-state index in [2.05, 4.69) is 13.2 Å². The number of para-hydroxylation sites is 1. The van der Waals surface area contributed by atoms with Crippen molar-refractivity contribution in [2.24, 2.45) is 5.92 Å². The Morgan fingerprint density at radius 3 is 2.20 bits per heavy atom. The van der Waals surface area contributed by atoms with Gasteiger partial charge < -0.3 is 19.3 Å². The normalized spacial score (nSPS) is 20.3. The third-order valence-electron chi connectivity index (χ3n) is 6.61.